The summed E-state index contributed by atoms with van der Waals surface area (Å²) in [5.41, 5.74) is 2.49. The predicted octanol–water partition coefficient (Wildman–Crippen LogP) is 3.42. The summed E-state index contributed by atoms with van der Waals surface area (Å²) in [6.07, 6.45) is 3.25. The number of carbonyl (C=O) groups excluding carboxylic acids is 2. The Morgan fingerprint density at radius 2 is 1.86 bits per heavy atom. The molecule has 0 atom stereocenters. The molecule has 0 aliphatic rings. The van der Waals surface area contributed by atoms with E-state index in [0.29, 0.717) is 17.0 Å². The Bertz CT molecular complexity index is 1130. The third kappa shape index (κ3) is 3.50. The smallest absolute Gasteiger partial charge is 0.292 e. The maximum absolute atomic E-state index is 12.8. The largest absolute Gasteiger partial charge is 0.467 e. The lowest BCUT2D eigenvalue weighted by Gasteiger charge is -2.04. The molecule has 7 heteroatoms. The molecular formula is C21H18N4O3. The third-order valence-electron chi connectivity index (χ3n) is 4.28. The first-order valence-corrected chi connectivity index (χ1v) is 8.77. The first-order valence-electron chi connectivity index (χ1n) is 8.77. The Balaban J connectivity index is 1.61. The Kier molecular flexibility index (Phi) is 4.63. The van der Waals surface area contributed by atoms with Gasteiger partial charge in [0.15, 0.2) is 5.69 Å². The fourth-order valence-corrected chi connectivity index (χ4v) is 2.85. The van der Waals surface area contributed by atoms with Crippen molar-refractivity contribution in [3.63, 3.8) is 0 Å². The van der Waals surface area contributed by atoms with E-state index < -0.39 is 5.91 Å². The van der Waals surface area contributed by atoms with Gasteiger partial charge in [0.1, 0.15) is 5.76 Å². The van der Waals surface area contributed by atoms with Crippen molar-refractivity contribution in [3.8, 4) is 0 Å². The summed E-state index contributed by atoms with van der Waals surface area (Å²) >= 11 is 0. The van der Waals surface area contributed by atoms with E-state index in [-0.39, 0.29) is 24.0 Å². The number of benzene rings is 1. The van der Waals surface area contributed by atoms with Crippen LogP contribution in [0.1, 0.15) is 32.4 Å². The van der Waals surface area contributed by atoms with Gasteiger partial charge >= 0.3 is 0 Å². The molecule has 0 saturated heterocycles. The van der Waals surface area contributed by atoms with Gasteiger partial charge in [-0.2, -0.15) is 0 Å². The van der Waals surface area contributed by atoms with E-state index in [1.54, 1.807) is 47.2 Å². The minimum absolute atomic E-state index is 0.138. The molecule has 3 heterocycles. The lowest BCUT2D eigenvalue weighted by molar-refractivity contribution is 0.0945. The molecule has 3 aromatic heterocycles. The fourth-order valence-electron chi connectivity index (χ4n) is 2.85. The van der Waals surface area contributed by atoms with Gasteiger partial charge in [0, 0.05) is 11.9 Å². The number of pyridine rings is 1. The molecule has 0 aliphatic heterocycles. The first-order chi connectivity index (χ1) is 13.6. The first kappa shape index (κ1) is 17.5. The van der Waals surface area contributed by atoms with Crippen LogP contribution < -0.4 is 10.6 Å². The van der Waals surface area contributed by atoms with E-state index in [1.807, 2.05) is 31.2 Å². The number of hydrogen-bond donors (Lipinski definition) is 2. The number of aryl methyl sites for hydroxylation is 1. The number of hydrogen-bond acceptors (Lipinski definition) is 4. The van der Waals surface area contributed by atoms with Gasteiger partial charge in [0.2, 0.25) is 5.82 Å². The summed E-state index contributed by atoms with van der Waals surface area (Å²) in [5, 5.41) is 5.58. The van der Waals surface area contributed by atoms with Crippen molar-refractivity contribution in [3.05, 3.63) is 89.9 Å². The average molecular weight is 374 g/mol. The Morgan fingerprint density at radius 3 is 2.61 bits per heavy atom. The second-order valence-electron chi connectivity index (χ2n) is 6.32. The molecule has 0 fully saturated rings. The molecular weight excluding hydrogens is 356 g/mol. The summed E-state index contributed by atoms with van der Waals surface area (Å²) in [5.74, 6) is -0.00171. The van der Waals surface area contributed by atoms with Crippen molar-refractivity contribution >= 4 is 23.0 Å². The number of imidazole rings is 1. The van der Waals surface area contributed by atoms with Crippen LogP contribution in [0.3, 0.4) is 0 Å². The molecule has 4 aromatic rings. The van der Waals surface area contributed by atoms with E-state index >= 15 is 0 Å². The lowest BCUT2D eigenvalue weighted by Crippen LogP contribution is -2.23. The number of nitrogens with zero attached hydrogens (tertiary/aromatic N) is 2. The summed E-state index contributed by atoms with van der Waals surface area (Å²) in [6.45, 7) is 2.21. The van der Waals surface area contributed by atoms with Gasteiger partial charge < -0.3 is 15.1 Å². The minimum Gasteiger partial charge on any atom is -0.467 e. The second-order valence-corrected chi connectivity index (χ2v) is 6.32. The zero-order chi connectivity index (χ0) is 19.5. The highest BCUT2D eigenvalue weighted by atomic mass is 16.3. The number of anilines is 1. The molecule has 0 bridgehead atoms. The third-order valence-corrected chi connectivity index (χ3v) is 4.28. The van der Waals surface area contributed by atoms with Crippen LogP contribution >= 0.6 is 0 Å². The minimum atomic E-state index is -0.393. The van der Waals surface area contributed by atoms with Crippen LogP contribution in [0.4, 0.5) is 5.69 Å². The Hall–Kier alpha value is -3.87. The zero-order valence-electron chi connectivity index (χ0n) is 15.2. The molecule has 0 saturated carbocycles. The molecule has 0 aliphatic carbocycles. The Morgan fingerprint density at radius 1 is 1.04 bits per heavy atom. The monoisotopic (exact) mass is 374 g/mol. The van der Waals surface area contributed by atoms with Gasteiger partial charge in [-0.1, -0.05) is 23.8 Å². The van der Waals surface area contributed by atoms with Crippen LogP contribution in [0.25, 0.3) is 5.52 Å². The van der Waals surface area contributed by atoms with Crippen molar-refractivity contribution < 1.29 is 14.0 Å². The van der Waals surface area contributed by atoms with E-state index in [4.69, 9.17) is 4.42 Å². The number of furan rings is 1. The number of amides is 2. The number of nitrogens with one attached hydrogen (secondary N) is 2. The van der Waals surface area contributed by atoms with Crippen LogP contribution in [0.2, 0.25) is 0 Å². The number of fused-ring (bicyclic) bond motifs is 1. The number of carbonyl (C=O) groups is 2. The molecule has 2 amide bonds. The van der Waals surface area contributed by atoms with Crippen LogP contribution in [-0.4, -0.2) is 21.2 Å². The zero-order valence-corrected chi connectivity index (χ0v) is 15.2. The van der Waals surface area contributed by atoms with Crippen molar-refractivity contribution in [2.75, 3.05) is 5.32 Å². The van der Waals surface area contributed by atoms with Crippen molar-refractivity contribution in [2.45, 2.75) is 13.5 Å². The van der Waals surface area contributed by atoms with Crippen LogP contribution in [0.5, 0.6) is 0 Å². The summed E-state index contributed by atoms with van der Waals surface area (Å²) in [7, 11) is 0. The van der Waals surface area contributed by atoms with E-state index in [1.165, 1.54) is 0 Å². The molecule has 4 rings (SSSR count). The van der Waals surface area contributed by atoms with Crippen molar-refractivity contribution in [1.82, 2.24) is 14.7 Å². The van der Waals surface area contributed by atoms with Crippen LogP contribution in [0, 0.1) is 6.92 Å². The number of rotatable bonds is 5. The quantitative estimate of drug-likeness (QED) is 0.560. The van der Waals surface area contributed by atoms with Gasteiger partial charge in [-0.25, -0.2) is 4.98 Å². The molecule has 7 nitrogen and oxygen atoms in total. The SMILES string of the molecule is Cc1ccc(NC(=O)c2nc(C(=O)NCc3ccco3)c3ccccn23)cc1. The van der Waals surface area contributed by atoms with Crippen LogP contribution in [0.15, 0.2) is 71.5 Å². The van der Waals surface area contributed by atoms with E-state index in [9.17, 15) is 9.59 Å². The molecule has 0 radical (unpaired) electrons. The summed E-state index contributed by atoms with van der Waals surface area (Å²) in [4.78, 5) is 29.7. The standard InChI is InChI=1S/C21H18N4O3/c1-14-7-9-15(10-8-14)23-21(27)19-24-18(17-6-2-3-11-25(17)19)20(26)22-13-16-5-4-12-28-16/h2-12H,13H2,1H3,(H,22,26)(H,23,27). The average Bonchev–Trinajstić information content (AvgIpc) is 3.36. The highest BCUT2D eigenvalue weighted by Crippen LogP contribution is 2.16. The lowest BCUT2D eigenvalue weighted by atomic mass is 10.2. The van der Waals surface area contributed by atoms with Gasteiger partial charge in [-0.05, 0) is 43.3 Å². The fraction of sp³-hybridized carbons (Fsp3) is 0.0952. The molecule has 1 aromatic carbocycles. The molecule has 28 heavy (non-hydrogen) atoms. The molecule has 0 spiro atoms. The maximum atomic E-state index is 12.8. The van der Waals surface area contributed by atoms with Crippen molar-refractivity contribution in [2.24, 2.45) is 0 Å². The predicted molar refractivity (Wildman–Crippen MR) is 104 cm³/mol. The number of aromatic nitrogens is 2. The van der Waals surface area contributed by atoms with Crippen LogP contribution in [-0.2, 0) is 6.54 Å². The van der Waals surface area contributed by atoms with Crippen molar-refractivity contribution in [1.29, 1.82) is 0 Å². The van der Waals surface area contributed by atoms with E-state index in [0.717, 1.165) is 5.56 Å². The van der Waals surface area contributed by atoms with E-state index in [2.05, 4.69) is 15.6 Å². The highest BCUT2D eigenvalue weighted by molar-refractivity contribution is 6.06. The van der Waals surface area contributed by atoms with Gasteiger partial charge in [-0.15, -0.1) is 0 Å². The summed E-state index contributed by atoms with van der Waals surface area (Å²) < 4.78 is 6.82. The van der Waals surface area contributed by atoms with Gasteiger partial charge in [-0.3, -0.25) is 14.0 Å². The summed E-state index contributed by atoms with van der Waals surface area (Å²) in [6, 6.07) is 16.3. The van der Waals surface area contributed by atoms with Gasteiger partial charge in [0.05, 0.1) is 18.3 Å². The molecule has 2 N–H and O–H groups in total. The molecule has 140 valence electrons. The molecule has 0 unspecified atom stereocenters. The van der Waals surface area contributed by atoms with Gasteiger partial charge in [0.25, 0.3) is 11.8 Å². The topological polar surface area (TPSA) is 88.6 Å². The maximum Gasteiger partial charge on any atom is 0.292 e. The normalized spacial score (nSPS) is 10.8. The Labute approximate surface area is 161 Å². The second kappa shape index (κ2) is 7.40. The highest BCUT2D eigenvalue weighted by Gasteiger charge is 2.21.